The minimum absolute atomic E-state index is 0.225. The topological polar surface area (TPSA) is 307 Å². The van der Waals surface area contributed by atoms with Crippen LogP contribution >= 0.6 is 0 Å². The standard InChI is InChI=1S/C52H93NO18/c1-3-5-7-9-11-13-15-16-17-18-20-22-24-26-28-30-40(58)53-35(36(57)29-27-25-23-21-19-14-12-10-8-6-4-2)34-66-50-46(64)43(61)48(38(32-55)68-50)71-52-47(65)44(62)49(39(33-56)69-52)70-51-45(63)42(60)41(59)37(31-54)67-51/h16-17,19,21,27,29,35-39,41-52,54-57,59-65H,3-15,18,20,22-26,28,30-34H2,1-2H3,(H,53,58)/b17-16-,21-19+,29-27+. The summed E-state index contributed by atoms with van der Waals surface area (Å²) in [5.74, 6) is -0.298. The van der Waals surface area contributed by atoms with E-state index in [1.165, 1.54) is 64.2 Å². The number of rotatable bonds is 37. The lowest BCUT2D eigenvalue weighted by molar-refractivity contribution is -0.379. The molecule has 3 heterocycles. The lowest BCUT2D eigenvalue weighted by Gasteiger charge is -2.48. The van der Waals surface area contributed by atoms with Crippen molar-refractivity contribution >= 4 is 5.91 Å². The molecule has 0 radical (unpaired) electrons. The summed E-state index contributed by atoms with van der Waals surface area (Å²) in [5, 5.41) is 120. The fraction of sp³-hybridized carbons (Fsp3) is 0.865. The van der Waals surface area contributed by atoms with Crippen molar-refractivity contribution in [2.45, 2.75) is 259 Å². The number of hydrogen-bond donors (Lipinski definition) is 12. The van der Waals surface area contributed by atoms with E-state index in [1.807, 2.05) is 6.08 Å². The summed E-state index contributed by atoms with van der Waals surface area (Å²) in [6.45, 7) is 1.62. The Labute approximate surface area is 421 Å². The van der Waals surface area contributed by atoms with E-state index in [1.54, 1.807) is 6.08 Å². The summed E-state index contributed by atoms with van der Waals surface area (Å²) in [6, 6.07) is -0.990. The summed E-state index contributed by atoms with van der Waals surface area (Å²) in [6.07, 6.45) is 8.66. The number of aliphatic hydroxyl groups is 11. The van der Waals surface area contributed by atoms with Gasteiger partial charge in [0.25, 0.3) is 0 Å². The van der Waals surface area contributed by atoms with Gasteiger partial charge in [-0.3, -0.25) is 4.79 Å². The first-order chi connectivity index (χ1) is 34.3. The molecule has 17 atom stereocenters. The number of ether oxygens (including phenoxy) is 6. The van der Waals surface area contributed by atoms with E-state index in [0.29, 0.717) is 12.8 Å². The summed E-state index contributed by atoms with van der Waals surface area (Å²) in [7, 11) is 0. The summed E-state index contributed by atoms with van der Waals surface area (Å²) < 4.78 is 34.1. The molecule has 17 unspecified atom stereocenters. The van der Waals surface area contributed by atoms with Crippen LogP contribution in [0.1, 0.15) is 155 Å². The lowest BCUT2D eigenvalue weighted by Crippen LogP contribution is -2.66. The van der Waals surface area contributed by atoms with Crippen LogP contribution in [0.25, 0.3) is 0 Å². The molecule has 3 aliphatic heterocycles. The Morgan fingerprint density at radius 1 is 0.493 bits per heavy atom. The molecule has 0 spiro atoms. The molecule has 19 heteroatoms. The minimum Gasteiger partial charge on any atom is -0.394 e. The average Bonchev–Trinajstić information content (AvgIpc) is 3.36. The number of unbranched alkanes of at least 4 members (excludes halogenated alkanes) is 17. The fourth-order valence-corrected chi connectivity index (χ4v) is 8.90. The van der Waals surface area contributed by atoms with Crippen molar-refractivity contribution in [3.8, 4) is 0 Å². The molecule has 3 aliphatic rings. The van der Waals surface area contributed by atoms with Gasteiger partial charge in [-0.2, -0.15) is 0 Å². The molecule has 0 bridgehead atoms. The molecule has 19 nitrogen and oxygen atoms in total. The van der Waals surface area contributed by atoms with Crippen LogP contribution in [0.4, 0.5) is 0 Å². The largest absolute Gasteiger partial charge is 0.394 e. The van der Waals surface area contributed by atoms with E-state index in [-0.39, 0.29) is 18.9 Å². The first kappa shape index (κ1) is 63.3. The average molecular weight is 1020 g/mol. The molecule has 414 valence electrons. The minimum atomic E-state index is -1.98. The fourth-order valence-electron chi connectivity index (χ4n) is 8.90. The molecular weight excluding hydrogens is 927 g/mol. The second-order valence-electron chi connectivity index (χ2n) is 19.3. The van der Waals surface area contributed by atoms with Gasteiger partial charge in [-0.05, 0) is 57.8 Å². The molecule has 12 N–H and O–H groups in total. The van der Waals surface area contributed by atoms with Crippen LogP contribution in [0.2, 0.25) is 0 Å². The molecule has 0 aromatic carbocycles. The summed E-state index contributed by atoms with van der Waals surface area (Å²) in [5.41, 5.74) is 0. The van der Waals surface area contributed by atoms with Gasteiger partial charge < -0.3 is 89.9 Å². The van der Waals surface area contributed by atoms with E-state index in [2.05, 4.69) is 43.5 Å². The van der Waals surface area contributed by atoms with E-state index >= 15 is 0 Å². The van der Waals surface area contributed by atoms with Gasteiger partial charge in [0.05, 0.1) is 38.6 Å². The molecule has 71 heavy (non-hydrogen) atoms. The third-order valence-corrected chi connectivity index (χ3v) is 13.4. The number of amides is 1. The predicted molar refractivity (Wildman–Crippen MR) is 263 cm³/mol. The molecule has 3 fully saturated rings. The number of hydrogen-bond acceptors (Lipinski definition) is 18. The van der Waals surface area contributed by atoms with Gasteiger partial charge in [0.2, 0.25) is 5.91 Å². The number of nitrogens with one attached hydrogen (secondary N) is 1. The molecular formula is C52H93NO18. The third-order valence-electron chi connectivity index (χ3n) is 13.4. The Hall–Kier alpha value is -1.99. The normalized spacial score (nSPS) is 32.5. The van der Waals surface area contributed by atoms with Crippen molar-refractivity contribution in [3.63, 3.8) is 0 Å². The second-order valence-corrected chi connectivity index (χ2v) is 19.3. The SMILES string of the molecule is CCCCCCC/C=C/CC/C=C/C(O)C(COC1OC(CO)C(OC2OC(CO)C(OC3OC(CO)C(O)C(O)C3O)C(O)C2O)C(O)C1O)NC(=O)CCCCCCC/C=C\CCCCCCCC. The molecule has 0 saturated carbocycles. The molecule has 0 aliphatic carbocycles. The van der Waals surface area contributed by atoms with E-state index in [9.17, 15) is 61.0 Å². The molecule has 3 saturated heterocycles. The zero-order valence-corrected chi connectivity index (χ0v) is 42.4. The van der Waals surface area contributed by atoms with Crippen LogP contribution in [0.3, 0.4) is 0 Å². The van der Waals surface area contributed by atoms with Crippen molar-refractivity contribution in [1.29, 1.82) is 0 Å². The van der Waals surface area contributed by atoms with Crippen molar-refractivity contribution in [1.82, 2.24) is 5.32 Å². The predicted octanol–water partition coefficient (Wildman–Crippen LogP) is 2.59. The maximum absolute atomic E-state index is 13.2. The van der Waals surface area contributed by atoms with Crippen molar-refractivity contribution < 1.29 is 89.4 Å². The molecule has 0 aromatic heterocycles. The highest BCUT2D eigenvalue weighted by molar-refractivity contribution is 5.76. The van der Waals surface area contributed by atoms with Gasteiger partial charge in [0.15, 0.2) is 18.9 Å². The second kappa shape index (κ2) is 36.9. The first-order valence-corrected chi connectivity index (χ1v) is 26.7. The maximum Gasteiger partial charge on any atom is 0.220 e. The molecule has 0 aromatic rings. The monoisotopic (exact) mass is 1020 g/mol. The summed E-state index contributed by atoms with van der Waals surface area (Å²) in [4.78, 5) is 13.2. The van der Waals surface area contributed by atoms with E-state index in [0.717, 1.165) is 57.8 Å². The highest BCUT2D eigenvalue weighted by atomic mass is 16.8. The van der Waals surface area contributed by atoms with Crippen LogP contribution in [0.5, 0.6) is 0 Å². The van der Waals surface area contributed by atoms with Gasteiger partial charge in [0.1, 0.15) is 73.2 Å². The van der Waals surface area contributed by atoms with Crippen LogP contribution in [0, 0.1) is 0 Å². The van der Waals surface area contributed by atoms with Gasteiger partial charge in [-0.15, -0.1) is 0 Å². The van der Waals surface area contributed by atoms with Crippen molar-refractivity contribution in [3.05, 3.63) is 36.5 Å². The first-order valence-electron chi connectivity index (χ1n) is 26.7. The lowest BCUT2D eigenvalue weighted by atomic mass is 9.96. The van der Waals surface area contributed by atoms with Crippen molar-refractivity contribution in [2.24, 2.45) is 0 Å². The Bertz CT molecular complexity index is 1450. The number of allylic oxidation sites excluding steroid dienone is 5. The van der Waals surface area contributed by atoms with Crippen LogP contribution in [-0.2, 0) is 33.2 Å². The van der Waals surface area contributed by atoms with Gasteiger partial charge in [0, 0.05) is 6.42 Å². The van der Waals surface area contributed by atoms with Crippen molar-refractivity contribution in [2.75, 3.05) is 26.4 Å². The Kier molecular flexibility index (Phi) is 32.9. The Morgan fingerprint density at radius 3 is 1.41 bits per heavy atom. The molecule has 1 amide bonds. The van der Waals surface area contributed by atoms with Gasteiger partial charge in [-0.1, -0.05) is 127 Å². The highest BCUT2D eigenvalue weighted by Crippen LogP contribution is 2.33. The zero-order valence-electron chi connectivity index (χ0n) is 42.4. The van der Waals surface area contributed by atoms with Crippen LogP contribution < -0.4 is 5.32 Å². The van der Waals surface area contributed by atoms with Gasteiger partial charge in [-0.25, -0.2) is 0 Å². The summed E-state index contributed by atoms with van der Waals surface area (Å²) >= 11 is 0. The van der Waals surface area contributed by atoms with Gasteiger partial charge >= 0.3 is 0 Å². The number of aliphatic hydroxyl groups excluding tert-OH is 11. The van der Waals surface area contributed by atoms with E-state index in [4.69, 9.17) is 28.4 Å². The number of carbonyl (C=O) groups excluding carboxylic acids is 1. The maximum atomic E-state index is 13.2. The highest BCUT2D eigenvalue weighted by Gasteiger charge is 2.53. The Balaban J connectivity index is 1.56. The quantitative estimate of drug-likeness (QED) is 0.0314. The van der Waals surface area contributed by atoms with Crippen LogP contribution in [-0.4, -0.2) is 193 Å². The zero-order chi connectivity index (χ0) is 52.0. The van der Waals surface area contributed by atoms with E-state index < -0.39 is 124 Å². The Morgan fingerprint density at radius 2 is 0.901 bits per heavy atom. The molecule has 3 rings (SSSR count). The van der Waals surface area contributed by atoms with Crippen LogP contribution in [0.15, 0.2) is 36.5 Å². The number of carbonyl (C=O) groups is 1. The smallest absolute Gasteiger partial charge is 0.220 e. The third kappa shape index (κ3) is 22.4.